The van der Waals surface area contributed by atoms with E-state index in [0.29, 0.717) is 35.6 Å². The van der Waals surface area contributed by atoms with Crippen molar-refractivity contribution in [3.63, 3.8) is 0 Å². The van der Waals surface area contributed by atoms with E-state index < -0.39 is 0 Å². The molecular formula is C17H20N4O3. The number of benzene rings is 1. The van der Waals surface area contributed by atoms with E-state index in [9.17, 15) is 4.79 Å². The maximum Gasteiger partial charge on any atom is 0.272 e. The lowest BCUT2D eigenvalue weighted by Crippen LogP contribution is -2.26. The van der Waals surface area contributed by atoms with E-state index in [4.69, 9.17) is 9.47 Å². The van der Waals surface area contributed by atoms with Crippen LogP contribution in [0.4, 0.5) is 5.82 Å². The first-order valence-electron chi connectivity index (χ1n) is 7.79. The summed E-state index contributed by atoms with van der Waals surface area (Å²) in [5.41, 5.74) is 1.35. The standard InChI is InChI=1S/C17H20N4O3/c1-23-14-7-3-11(9-15(14)24-2)10-18-16-8-6-13(20-21-16)17(22)19-12-4-5-12/h3,6-9,12H,4-5,10H2,1-2H3,(H,18,21)(H,19,22). The van der Waals surface area contributed by atoms with Gasteiger partial charge in [-0.2, -0.15) is 0 Å². The van der Waals surface area contributed by atoms with E-state index in [-0.39, 0.29) is 5.91 Å². The minimum absolute atomic E-state index is 0.170. The molecule has 2 aromatic rings. The summed E-state index contributed by atoms with van der Waals surface area (Å²) in [7, 11) is 3.21. The van der Waals surface area contributed by atoms with Crippen LogP contribution < -0.4 is 20.1 Å². The molecule has 1 aliphatic rings. The van der Waals surface area contributed by atoms with Gasteiger partial charge in [-0.1, -0.05) is 6.07 Å². The average Bonchev–Trinajstić information content (AvgIpc) is 3.44. The summed E-state index contributed by atoms with van der Waals surface area (Å²) >= 11 is 0. The number of nitrogens with one attached hydrogen (secondary N) is 2. The van der Waals surface area contributed by atoms with Gasteiger partial charge in [-0.05, 0) is 42.7 Å². The number of anilines is 1. The van der Waals surface area contributed by atoms with Crippen molar-refractivity contribution in [2.24, 2.45) is 0 Å². The fourth-order valence-corrected chi connectivity index (χ4v) is 2.22. The number of hydrogen-bond acceptors (Lipinski definition) is 6. The first kappa shape index (κ1) is 16.0. The van der Waals surface area contributed by atoms with Crippen molar-refractivity contribution in [2.45, 2.75) is 25.4 Å². The van der Waals surface area contributed by atoms with Crippen LogP contribution in [0, 0.1) is 0 Å². The SMILES string of the molecule is COc1ccc(CNc2ccc(C(=O)NC3CC3)nn2)cc1OC. The Kier molecular flexibility index (Phi) is 4.79. The maximum absolute atomic E-state index is 11.9. The molecule has 1 aromatic carbocycles. The van der Waals surface area contributed by atoms with Crippen LogP contribution >= 0.6 is 0 Å². The number of methoxy groups -OCH3 is 2. The lowest BCUT2D eigenvalue weighted by atomic mass is 10.2. The minimum atomic E-state index is -0.170. The van der Waals surface area contributed by atoms with Crippen LogP contribution in [0.1, 0.15) is 28.9 Å². The summed E-state index contributed by atoms with van der Waals surface area (Å²) in [5.74, 6) is 1.80. The first-order valence-corrected chi connectivity index (χ1v) is 7.79. The lowest BCUT2D eigenvalue weighted by Gasteiger charge is -2.10. The molecule has 1 aromatic heterocycles. The van der Waals surface area contributed by atoms with E-state index in [1.807, 2.05) is 18.2 Å². The summed E-state index contributed by atoms with van der Waals surface area (Å²) in [4.78, 5) is 11.9. The highest BCUT2D eigenvalue weighted by atomic mass is 16.5. The second kappa shape index (κ2) is 7.16. The van der Waals surface area contributed by atoms with Crippen molar-refractivity contribution in [2.75, 3.05) is 19.5 Å². The second-order valence-electron chi connectivity index (χ2n) is 5.59. The van der Waals surface area contributed by atoms with E-state index >= 15 is 0 Å². The van der Waals surface area contributed by atoms with Gasteiger partial charge in [-0.25, -0.2) is 0 Å². The van der Waals surface area contributed by atoms with Gasteiger partial charge in [0.05, 0.1) is 14.2 Å². The third-order valence-electron chi connectivity index (χ3n) is 3.73. The highest BCUT2D eigenvalue weighted by Crippen LogP contribution is 2.27. The molecule has 0 saturated heterocycles. The molecule has 3 rings (SSSR count). The topological polar surface area (TPSA) is 85.4 Å². The van der Waals surface area contributed by atoms with Crippen LogP contribution in [-0.2, 0) is 6.54 Å². The Morgan fingerprint density at radius 2 is 1.92 bits per heavy atom. The molecule has 0 atom stereocenters. The number of nitrogens with zero attached hydrogens (tertiary/aromatic N) is 2. The first-order chi connectivity index (χ1) is 11.7. The molecule has 0 unspecified atom stereocenters. The fourth-order valence-electron chi connectivity index (χ4n) is 2.22. The molecule has 1 fully saturated rings. The van der Waals surface area contributed by atoms with Crippen molar-refractivity contribution in [1.29, 1.82) is 0 Å². The van der Waals surface area contributed by atoms with E-state index in [1.165, 1.54) is 0 Å². The Bertz CT molecular complexity index is 714. The number of rotatable bonds is 7. The van der Waals surface area contributed by atoms with Crippen LogP contribution in [-0.4, -0.2) is 36.4 Å². The summed E-state index contributed by atoms with van der Waals surface area (Å²) in [6.45, 7) is 0.558. The summed E-state index contributed by atoms with van der Waals surface area (Å²) < 4.78 is 10.5. The Balaban J connectivity index is 1.59. The van der Waals surface area contributed by atoms with Gasteiger partial charge in [-0.3, -0.25) is 4.79 Å². The molecular weight excluding hydrogens is 308 g/mol. The molecule has 0 aliphatic heterocycles. The molecule has 2 N–H and O–H groups in total. The number of hydrogen-bond donors (Lipinski definition) is 2. The predicted octanol–water partition coefficient (Wildman–Crippen LogP) is 2.00. The zero-order valence-electron chi connectivity index (χ0n) is 13.7. The maximum atomic E-state index is 11.9. The van der Waals surface area contributed by atoms with Crippen molar-refractivity contribution in [3.05, 3.63) is 41.6 Å². The molecule has 7 nitrogen and oxygen atoms in total. The number of ether oxygens (including phenoxy) is 2. The summed E-state index contributed by atoms with van der Waals surface area (Å²) in [6.07, 6.45) is 2.09. The Morgan fingerprint density at radius 1 is 1.12 bits per heavy atom. The zero-order valence-corrected chi connectivity index (χ0v) is 13.7. The van der Waals surface area contributed by atoms with E-state index in [2.05, 4.69) is 20.8 Å². The largest absolute Gasteiger partial charge is 0.493 e. The molecule has 1 saturated carbocycles. The highest BCUT2D eigenvalue weighted by Gasteiger charge is 2.24. The molecule has 0 radical (unpaired) electrons. The third kappa shape index (κ3) is 3.92. The number of carbonyl (C=O) groups is 1. The van der Waals surface area contributed by atoms with Crippen molar-refractivity contribution >= 4 is 11.7 Å². The van der Waals surface area contributed by atoms with E-state index in [1.54, 1.807) is 26.4 Å². The highest BCUT2D eigenvalue weighted by molar-refractivity contribution is 5.92. The van der Waals surface area contributed by atoms with Gasteiger partial charge in [0, 0.05) is 12.6 Å². The lowest BCUT2D eigenvalue weighted by molar-refractivity contribution is 0.0945. The molecule has 1 amide bonds. The van der Waals surface area contributed by atoms with Gasteiger partial charge in [0.1, 0.15) is 5.82 Å². The summed E-state index contributed by atoms with van der Waals surface area (Å²) in [6, 6.07) is 9.42. The van der Waals surface area contributed by atoms with Gasteiger partial charge in [-0.15, -0.1) is 10.2 Å². The van der Waals surface area contributed by atoms with E-state index in [0.717, 1.165) is 18.4 Å². The monoisotopic (exact) mass is 328 g/mol. The van der Waals surface area contributed by atoms with Gasteiger partial charge < -0.3 is 20.1 Å². The van der Waals surface area contributed by atoms with Gasteiger partial charge >= 0.3 is 0 Å². The molecule has 126 valence electrons. The molecule has 24 heavy (non-hydrogen) atoms. The van der Waals surface area contributed by atoms with Crippen molar-refractivity contribution < 1.29 is 14.3 Å². The fraction of sp³-hybridized carbons (Fsp3) is 0.353. The van der Waals surface area contributed by atoms with Crippen molar-refractivity contribution in [1.82, 2.24) is 15.5 Å². The molecule has 0 spiro atoms. The average molecular weight is 328 g/mol. The molecule has 1 aliphatic carbocycles. The molecule has 0 bridgehead atoms. The Hall–Kier alpha value is -2.83. The van der Waals surface area contributed by atoms with Crippen LogP contribution in [0.15, 0.2) is 30.3 Å². The van der Waals surface area contributed by atoms with Crippen molar-refractivity contribution in [3.8, 4) is 11.5 Å². The number of aromatic nitrogens is 2. The number of carbonyl (C=O) groups excluding carboxylic acids is 1. The summed E-state index contributed by atoms with van der Waals surface area (Å²) in [5, 5.41) is 14.1. The zero-order chi connectivity index (χ0) is 16.9. The Morgan fingerprint density at radius 3 is 2.54 bits per heavy atom. The Labute approximate surface area is 140 Å². The predicted molar refractivity (Wildman–Crippen MR) is 89.4 cm³/mol. The molecule has 1 heterocycles. The third-order valence-corrected chi connectivity index (χ3v) is 3.73. The second-order valence-corrected chi connectivity index (χ2v) is 5.59. The quantitative estimate of drug-likeness (QED) is 0.808. The van der Waals surface area contributed by atoms with Gasteiger partial charge in [0.2, 0.25) is 0 Å². The van der Waals surface area contributed by atoms with Crippen LogP contribution in [0.25, 0.3) is 0 Å². The smallest absolute Gasteiger partial charge is 0.272 e. The number of amides is 1. The molecule has 7 heteroatoms. The van der Waals surface area contributed by atoms with Gasteiger partial charge in [0.25, 0.3) is 5.91 Å². The van der Waals surface area contributed by atoms with Crippen LogP contribution in [0.3, 0.4) is 0 Å². The van der Waals surface area contributed by atoms with Crippen LogP contribution in [0.2, 0.25) is 0 Å². The van der Waals surface area contributed by atoms with Gasteiger partial charge in [0.15, 0.2) is 17.2 Å². The minimum Gasteiger partial charge on any atom is -0.493 e. The van der Waals surface area contributed by atoms with Crippen LogP contribution in [0.5, 0.6) is 11.5 Å². The normalized spacial score (nSPS) is 13.2.